The highest BCUT2D eigenvalue weighted by Gasteiger charge is 2.23. The maximum absolute atomic E-state index is 12.2. The minimum Gasteiger partial charge on any atom is -0.332 e. The summed E-state index contributed by atoms with van der Waals surface area (Å²) in [5.74, 6) is -0.344. The lowest BCUT2D eigenvalue weighted by molar-refractivity contribution is -0.113. The fourth-order valence-electron chi connectivity index (χ4n) is 2.45. The van der Waals surface area contributed by atoms with Gasteiger partial charge in [0.05, 0.1) is 31.7 Å². The summed E-state index contributed by atoms with van der Waals surface area (Å²) in [6.07, 6.45) is 5.01. The molecule has 0 spiro atoms. The van der Waals surface area contributed by atoms with Gasteiger partial charge >= 0.3 is 0 Å². The molecule has 0 unspecified atom stereocenters. The van der Waals surface area contributed by atoms with Gasteiger partial charge in [-0.1, -0.05) is 40.9 Å². The van der Waals surface area contributed by atoms with Crippen molar-refractivity contribution in [2.24, 2.45) is 4.99 Å². The Bertz CT molecular complexity index is 1120. The number of amides is 1. The molecule has 134 valence electrons. The number of fused-ring (bicyclic) bond motifs is 1. The number of hydrogen-bond acceptors (Lipinski definition) is 5. The van der Waals surface area contributed by atoms with Crippen LogP contribution >= 0.6 is 46.6 Å². The fraction of sp³-hybridized carbons (Fsp3) is 0. The fourth-order valence-corrected chi connectivity index (χ4v) is 4.18. The highest BCUT2D eigenvalue weighted by molar-refractivity contribution is 8.18. The largest absolute Gasteiger partial charge is 0.332 e. The van der Waals surface area contributed by atoms with Crippen molar-refractivity contribution in [2.45, 2.75) is 0 Å². The molecule has 5 nitrogen and oxygen atoms in total. The van der Waals surface area contributed by atoms with Crippen molar-refractivity contribution >= 4 is 80.4 Å². The number of amidine groups is 1. The molecule has 0 fully saturated rings. The minimum atomic E-state index is -0.344. The Balaban J connectivity index is 1.57. The van der Waals surface area contributed by atoms with E-state index in [9.17, 15) is 4.79 Å². The summed E-state index contributed by atoms with van der Waals surface area (Å²) in [5.41, 5.74) is 2.82. The van der Waals surface area contributed by atoms with Crippen LogP contribution in [0.15, 0.2) is 52.6 Å². The standard InChI is InChI=1S/C18H9Cl3N4OS/c19-10-7-11(20)16(12(21)8-10)24-18-25-17(26)15(27-18)6-9-1-2-13-14(5-9)23-4-3-22-13/h1-8H,(H,24,25,26). The minimum absolute atomic E-state index is 0.341. The second-order valence-corrected chi connectivity index (χ2v) is 7.79. The zero-order chi connectivity index (χ0) is 19.0. The number of thioether (sulfide) groups is 1. The van der Waals surface area contributed by atoms with Crippen LogP contribution in [-0.4, -0.2) is 21.0 Å². The third-order valence-electron chi connectivity index (χ3n) is 3.65. The molecule has 9 heteroatoms. The van der Waals surface area contributed by atoms with Crippen molar-refractivity contribution in [3.05, 3.63) is 68.3 Å². The second-order valence-electron chi connectivity index (χ2n) is 5.51. The van der Waals surface area contributed by atoms with Gasteiger partial charge in [0.1, 0.15) is 0 Å². The Morgan fingerprint density at radius 1 is 0.963 bits per heavy atom. The lowest BCUT2D eigenvalue weighted by atomic mass is 10.2. The van der Waals surface area contributed by atoms with Crippen molar-refractivity contribution in [2.75, 3.05) is 5.32 Å². The van der Waals surface area contributed by atoms with Gasteiger partial charge in [-0.2, -0.15) is 4.99 Å². The van der Waals surface area contributed by atoms with Crippen LogP contribution in [0.4, 0.5) is 5.69 Å². The topological polar surface area (TPSA) is 67.2 Å². The van der Waals surface area contributed by atoms with Crippen molar-refractivity contribution in [1.82, 2.24) is 9.97 Å². The van der Waals surface area contributed by atoms with E-state index in [-0.39, 0.29) is 5.91 Å². The van der Waals surface area contributed by atoms with Crippen LogP contribution in [0.2, 0.25) is 15.1 Å². The summed E-state index contributed by atoms with van der Waals surface area (Å²) in [5, 5.41) is 4.48. The molecular weight excluding hydrogens is 427 g/mol. The number of nitrogens with zero attached hydrogens (tertiary/aromatic N) is 3. The second kappa shape index (κ2) is 7.48. The van der Waals surface area contributed by atoms with E-state index in [0.29, 0.717) is 30.8 Å². The number of benzene rings is 2. The Morgan fingerprint density at radius 3 is 2.41 bits per heavy atom. The van der Waals surface area contributed by atoms with E-state index in [1.54, 1.807) is 30.6 Å². The first kappa shape index (κ1) is 18.3. The Morgan fingerprint density at radius 2 is 1.67 bits per heavy atom. The third-order valence-corrected chi connectivity index (χ3v) is 5.36. The van der Waals surface area contributed by atoms with Gasteiger partial charge in [0, 0.05) is 17.4 Å². The van der Waals surface area contributed by atoms with Crippen LogP contribution in [0.25, 0.3) is 17.1 Å². The molecule has 1 amide bonds. The molecule has 2 aromatic carbocycles. The van der Waals surface area contributed by atoms with Crippen molar-refractivity contribution in [3.63, 3.8) is 0 Å². The highest BCUT2D eigenvalue weighted by Crippen LogP contribution is 2.36. The van der Waals surface area contributed by atoms with E-state index in [2.05, 4.69) is 20.3 Å². The molecule has 0 atom stereocenters. The molecule has 4 rings (SSSR count). The quantitative estimate of drug-likeness (QED) is 0.525. The summed E-state index contributed by atoms with van der Waals surface area (Å²) >= 11 is 19.4. The van der Waals surface area contributed by atoms with Gasteiger partial charge in [-0.05, 0) is 47.7 Å². The molecule has 2 heterocycles. The number of carbonyl (C=O) groups excluding carboxylic acids is 1. The Labute approximate surface area is 173 Å². The van der Waals surface area contributed by atoms with Gasteiger partial charge in [0.15, 0.2) is 5.17 Å². The monoisotopic (exact) mass is 434 g/mol. The Hall–Kier alpha value is -2.12. The van der Waals surface area contributed by atoms with Crippen LogP contribution < -0.4 is 5.32 Å². The first-order chi connectivity index (χ1) is 13.0. The van der Waals surface area contributed by atoms with E-state index in [4.69, 9.17) is 34.8 Å². The maximum Gasteiger partial charge on any atom is 0.286 e. The zero-order valence-corrected chi connectivity index (χ0v) is 16.5. The molecule has 0 saturated carbocycles. The van der Waals surface area contributed by atoms with Crippen LogP contribution in [0.5, 0.6) is 0 Å². The molecule has 1 aliphatic rings. The predicted molar refractivity (Wildman–Crippen MR) is 113 cm³/mol. The van der Waals surface area contributed by atoms with Crippen molar-refractivity contribution in [1.29, 1.82) is 0 Å². The SMILES string of the molecule is O=C1N=C(Nc2c(Cl)cc(Cl)cc2Cl)SC1=Cc1ccc2nccnc2c1. The van der Waals surface area contributed by atoms with Crippen molar-refractivity contribution in [3.8, 4) is 0 Å². The number of halogens is 3. The third kappa shape index (κ3) is 3.94. The molecule has 3 aromatic rings. The predicted octanol–water partition coefficient (Wildman–Crippen LogP) is 5.67. The molecule has 1 aliphatic heterocycles. The van der Waals surface area contributed by atoms with Gasteiger partial charge in [-0.25, -0.2) is 0 Å². The number of nitrogens with one attached hydrogen (secondary N) is 1. The van der Waals surface area contributed by atoms with Crippen LogP contribution in [0.1, 0.15) is 5.56 Å². The van der Waals surface area contributed by atoms with Gasteiger partial charge in [0.25, 0.3) is 5.91 Å². The van der Waals surface area contributed by atoms with Gasteiger partial charge in [0.2, 0.25) is 0 Å². The molecule has 0 saturated heterocycles. The summed E-state index contributed by atoms with van der Waals surface area (Å²) < 4.78 is 0. The van der Waals surface area contributed by atoms with Crippen LogP contribution in [0, 0.1) is 0 Å². The first-order valence-corrected chi connectivity index (χ1v) is 9.59. The van der Waals surface area contributed by atoms with Crippen LogP contribution in [-0.2, 0) is 4.79 Å². The lowest BCUT2D eigenvalue weighted by Gasteiger charge is -2.09. The van der Waals surface area contributed by atoms with Crippen LogP contribution in [0.3, 0.4) is 0 Å². The molecule has 0 bridgehead atoms. The van der Waals surface area contributed by atoms with E-state index in [1.807, 2.05) is 18.2 Å². The summed E-state index contributed by atoms with van der Waals surface area (Å²) in [6.45, 7) is 0. The first-order valence-electron chi connectivity index (χ1n) is 7.64. The zero-order valence-electron chi connectivity index (χ0n) is 13.4. The number of carbonyl (C=O) groups is 1. The van der Waals surface area contributed by atoms with E-state index in [1.165, 1.54) is 11.8 Å². The van der Waals surface area contributed by atoms with Crippen molar-refractivity contribution < 1.29 is 4.79 Å². The number of aromatic nitrogens is 2. The molecule has 1 aromatic heterocycles. The van der Waals surface area contributed by atoms with Gasteiger partial charge in [-0.15, -0.1) is 0 Å². The average molecular weight is 436 g/mol. The average Bonchev–Trinajstić information content (AvgIpc) is 2.97. The summed E-state index contributed by atoms with van der Waals surface area (Å²) in [4.78, 5) is 25.2. The van der Waals surface area contributed by atoms with E-state index < -0.39 is 0 Å². The number of hydrogen-bond donors (Lipinski definition) is 1. The van der Waals surface area contributed by atoms with Gasteiger partial charge in [-0.3, -0.25) is 14.8 Å². The molecule has 0 aliphatic carbocycles. The summed E-state index contributed by atoms with van der Waals surface area (Å²) in [6, 6.07) is 8.71. The number of aliphatic imine (C=N–C) groups is 1. The Kier molecular flexibility index (Phi) is 5.06. The normalized spacial score (nSPS) is 15.4. The smallest absolute Gasteiger partial charge is 0.286 e. The van der Waals surface area contributed by atoms with E-state index >= 15 is 0 Å². The van der Waals surface area contributed by atoms with Gasteiger partial charge < -0.3 is 5.32 Å². The number of anilines is 1. The maximum atomic E-state index is 12.2. The molecular formula is C18H9Cl3N4OS. The lowest BCUT2D eigenvalue weighted by Crippen LogP contribution is -2.06. The van der Waals surface area contributed by atoms with E-state index in [0.717, 1.165) is 16.6 Å². The number of rotatable bonds is 2. The molecule has 0 radical (unpaired) electrons. The highest BCUT2D eigenvalue weighted by atomic mass is 35.5. The molecule has 27 heavy (non-hydrogen) atoms. The molecule has 1 N–H and O–H groups in total. The summed E-state index contributed by atoms with van der Waals surface area (Å²) in [7, 11) is 0.